The molecule has 0 spiro atoms. The van der Waals surface area contributed by atoms with Gasteiger partial charge in [0.1, 0.15) is 41.2 Å². The molecule has 346 valence electrons. The largest absolute Gasteiger partial charge is 0.458 e. The molecule has 17 unspecified atom stereocenters. The Morgan fingerprint density at radius 2 is 1.38 bits per heavy atom. The van der Waals surface area contributed by atoms with E-state index in [1.807, 2.05) is 13.0 Å². The van der Waals surface area contributed by atoms with Crippen LogP contribution in [0.2, 0.25) is 0 Å². The lowest BCUT2D eigenvalue weighted by Gasteiger charge is -2.67. The van der Waals surface area contributed by atoms with Crippen LogP contribution in [0.4, 0.5) is 0 Å². The van der Waals surface area contributed by atoms with Gasteiger partial charge in [0, 0.05) is 33.0 Å². The van der Waals surface area contributed by atoms with Crippen LogP contribution < -0.4 is 0 Å². The first-order valence-electron chi connectivity index (χ1n) is 22.7. The number of hydrogen-bond donors (Lipinski definition) is 4. The van der Waals surface area contributed by atoms with Gasteiger partial charge in [0.2, 0.25) is 0 Å². The molecule has 2 saturated heterocycles. The minimum atomic E-state index is -1.96. The van der Waals surface area contributed by atoms with E-state index < -0.39 is 101 Å². The Hall–Kier alpha value is -3.28. The molecule has 6 aliphatic rings. The topological polar surface area (TPSA) is 189 Å². The molecule has 14 heteroatoms. The molecule has 4 aliphatic carbocycles. The monoisotopic (exact) mass is 878 g/mol. The fraction of sp³-hybridized carbons (Fsp3) is 0.673. The van der Waals surface area contributed by atoms with E-state index >= 15 is 0 Å². The molecule has 0 amide bonds. The number of aliphatic hydroxyl groups excluding tert-OH is 1. The molecule has 63 heavy (non-hydrogen) atoms. The molecule has 0 bridgehead atoms. The molecule has 14 nitrogen and oxygen atoms in total. The number of rotatable bonds is 11. The lowest BCUT2D eigenvalue weighted by Crippen LogP contribution is -2.78. The van der Waals surface area contributed by atoms with Crippen molar-refractivity contribution in [3.8, 4) is 0 Å². The van der Waals surface area contributed by atoms with Crippen molar-refractivity contribution >= 4 is 11.9 Å². The van der Waals surface area contributed by atoms with Crippen LogP contribution in [0.5, 0.6) is 0 Å². The number of hydrogen-bond acceptors (Lipinski definition) is 14. The highest BCUT2D eigenvalue weighted by atomic mass is 16.7. The SMILES string of the molecule is COC1CC(OC2C(C)OC(OC3CCC4(C)C(=CCC5(O)C4CC(OC(=O)c4ccccc4)C4(C)C(O)(C(C)OC(=O)c6ccccc6)CCC54O)C3)CC2OC)OC(C)C1O. The van der Waals surface area contributed by atoms with Gasteiger partial charge < -0.3 is 58.3 Å². The molecule has 5 fully saturated rings. The number of aliphatic hydroxyl groups is 4. The Bertz CT molecular complexity index is 1980. The summed E-state index contributed by atoms with van der Waals surface area (Å²) in [6, 6.07) is 17.1. The number of carbonyl (C=O) groups is 2. The maximum Gasteiger partial charge on any atom is 0.338 e. The second kappa shape index (κ2) is 17.5. The molecule has 2 aromatic rings. The van der Waals surface area contributed by atoms with Crippen molar-refractivity contribution in [2.75, 3.05) is 14.2 Å². The van der Waals surface area contributed by atoms with E-state index in [-0.39, 0.29) is 37.9 Å². The van der Waals surface area contributed by atoms with Gasteiger partial charge in [-0.05, 0) is 95.4 Å². The number of benzene rings is 2. The van der Waals surface area contributed by atoms with Crippen molar-refractivity contribution < 1.29 is 67.9 Å². The normalized spacial score (nSPS) is 44.0. The number of fused-ring (bicyclic) bond motifs is 5. The summed E-state index contributed by atoms with van der Waals surface area (Å²) in [7, 11) is 3.20. The van der Waals surface area contributed by atoms with Crippen LogP contribution in [0, 0.1) is 16.7 Å². The quantitative estimate of drug-likeness (QED) is 0.165. The molecule has 2 aromatic carbocycles. The third-order valence-corrected chi connectivity index (χ3v) is 16.4. The molecular formula is C49H66O14. The summed E-state index contributed by atoms with van der Waals surface area (Å²) in [4.78, 5) is 27.3. The first-order chi connectivity index (χ1) is 29.9. The Morgan fingerprint density at radius 1 is 0.778 bits per heavy atom. The Morgan fingerprint density at radius 3 is 2.03 bits per heavy atom. The van der Waals surface area contributed by atoms with Crippen molar-refractivity contribution in [2.45, 2.75) is 177 Å². The molecule has 0 aromatic heterocycles. The molecule has 4 N–H and O–H groups in total. The second-order valence-electron chi connectivity index (χ2n) is 19.4. The second-order valence-corrected chi connectivity index (χ2v) is 19.4. The molecule has 0 radical (unpaired) electrons. The first kappa shape index (κ1) is 46.3. The minimum absolute atomic E-state index is 0.0152. The van der Waals surface area contributed by atoms with Gasteiger partial charge in [-0.1, -0.05) is 61.9 Å². The molecule has 17 atom stereocenters. The average Bonchev–Trinajstić information content (AvgIpc) is 3.51. The summed E-state index contributed by atoms with van der Waals surface area (Å²) in [6.07, 6.45) is -1.68. The summed E-state index contributed by atoms with van der Waals surface area (Å²) in [5.41, 5.74) is -6.20. The minimum Gasteiger partial charge on any atom is -0.458 e. The summed E-state index contributed by atoms with van der Waals surface area (Å²) in [6.45, 7) is 9.09. The highest BCUT2D eigenvalue weighted by Gasteiger charge is 2.81. The van der Waals surface area contributed by atoms with Crippen LogP contribution in [0.15, 0.2) is 72.3 Å². The van der Waals surface area contributed by atoms with Crippen LogP contribution in [-0.4, -0.2) is 131 Å². The van der Waals surface area contributed by atoms with Crippen molar-refractivity contribution in [3.05, 3.63) is 83.4 Å². The van der Waals surface area contributed by atoms with Crippen LogP contribution in [0.1, 0.15) is 113 Å². The van der Waals surface area contributed by atoms with Crippen LogP contribution in [0.25, 0.3) is 0 Å². The van der Waals surface area contributed by atoms with E-state index in [1.165, 1.54) is 0 Å². The maximum absolute atomic E-state index is 14.0. The number of methoxy groups -OCH3 is 2. The maximum atomic E-state index is 14.0. The van der Waals surface area contributed by atoms with Crippen LogP contribution in [0.3, 0.4) is 0 Å². The van der Waals surface area contributed by atoms with Gasteiger partial charge in [-0.25, -0.2) is 9.59 Å². The predicted molar refractivity (Wildman–Crippen MR) is 227 cm³/mol. The summed E-state index contributed by atoms with van der Waals surface area (Å²) < 4.78 is 49.3. The van der Waals surface area contributed by atoms with E-state index in [2.05, 4.69) is 6.92 Å². The fourth-order valence-corrected chi connectivity index (χ4v) is 12.5. The van der Waals surface area contributed by atoms with Crippen molar-refractivity contribution in [1.82, 2.24) is 0 Å². The molecule has 3 saturated carbocycles. The fourth-order valence-electron chi connectivity index (χ4n) is 12.5. The van der Waals surface area contributed by atoms with E-state index in [0.717, 1.165) is 5.57 Å². The van der Waals surface area contributed by atoms with E-state index in [0.29, 0.717) is 43.2 Å². The molecule has 2 aliphatic heterocycles. The average molecular weight is 879 g/mol. The highest BCUT2D eigenvalue weighted by molar-refractivity contribution is 5.90. The number of ether oxygens (including phenoxy) is 8. The van der Waals surface area contributed by atoms with Crippen LogP contribution in [-0.2, 0) is 37.9 Å². The number of carbonyl (C=O) groups excluding carboxylic acids is 2. The molecule has 2 heterocycles. The summed E-state index contributed by atoms with van der Waals surface area (Å²) in [5, 5.41) is 49.8. The third-order valence-electron chi connectivity index (χ3n) is 16.4. The van der Waals surface area contributed by atoms with E-state index in [9.17, 15) is 30.0 Å². The van der Waals surface area contributed by atoms with Gasteiger partial charge in [-0.15, -0.1) is 0 Å². The van der Waals surface area contributed by atoms with Gasteiger partial charge in [0.05, 0.1) is 47.1 Å². The lowest BCUT2D eigenvalue weighted by atomic mass is 9.42. The van der Waals surface area contributed by atoms with E-state index in [4.69, 9.17) is 37.9 Å². The van der Waals surface area contributed by atoms with Gasteiger partial charge in [0.15, 0.2) is 12.6 Å². The number of esters is 2. The van der Waals surface area contributed by atoms with Crippen molar-refractivity contribution in [3.63, 3.8) is 0 Å². The zero-order valence-corrected chi connectivity index (χ0v) is 37.5. The third kappa shape index (κ3) is 7.69. The van der Waals surface area contributed by atoms with Gasteiger partial charge in [0.25, 0.3) is 0 Å². The Balaban J connectivity index is 1.02. The smallest absolute Gasteiger partial charge is 0.338 e. The first-order valence-corrected chi connectivity index (χ1v) is 22.7. The standard InChI is InChI=1S/C49H66O14/c1-28-41(50)35(56-6)25-40(58-28)63-42-29(2)59-39(26-36(42)57-7)61-34-19-20-45(4)33(24-34)18-21-48(54)37(45)27-38(62-44(52)32-16-12-9-13-17-32)46(5)47(53,22-23-49(46,48)55)30(3)60-43(51)31-14-10-8-11-15-31/h8-18,28-30,34-42,50,53-55H,19-27H2,1-7H3. The summed E-state index contributed by atoms with van der Waals surface area (Å²) >= 11 is 0. The highest BCUT2D eigenvalue weighted by Crippen LogP contribution is 2.71. The van der Waals surface area contributed by atoms with Crippen molar-refractivity contribution in [1.29, 1.82) is 0 Å². The predicted octanol–water partition coefficient (Wildman–Crippen LogP) is 5.42. The lowest BCUT2D eigenvalue weighted by molar-refractivity contribution is -0.327. The van der Waals surface area contributed by atoms with Gasteiger partial charge in [-0.3, -0.25) is 0 Å². The van der Waals surface area contributed by atoms with Crippen molar-refractivity contribution in [2.24, 2.45) is 16.7 Å². The molecular weight excluding hydrogens is 813 g/mol. The zero-order chi connectivity index (χ0) is 45.1. The summed E-state index contributed by atoms with van der Waals surface area (Å²) in [5.74, 6) is -1.83. The van der Waals surface area contributed by atoms with E-state index in [1.54, 1.807) is 95.7 Å². The van der Waals surface area contributed by atoms with Gasteiger partial charge >= 0.3 is 11.9 Å². The Kier molecular flexibility index (Phi) is 12.9. The van der Waals surface area contributed by atoms with Gasteiger partial charge in [-0.2, -0.15) is 0 Å². The Labute approximate surface area is 370 Å². The molecule has 8 rings (SSSR count). The van der Waals surface area contributed by atoms with Crippen LogP contribution >= 0.6 is 0 Å². The zero-order valence-electron chi connectivity index (χ0n) is 37.5.